The number of para-hydroxylation sites is 4. The predicted octanol–water partition coefficient (Wildman–Crippen LogP) is 13.3. The van der Waals surface area contributed by atoms with E-state index in [4.69, 9.17) is 9.97 Å². The lowest BCUT2D eigenvalue weighted by atomic mass is 10.0. The summed E-state index contributed by atoms with van der Waals surface area (Å²) in [5.41, 5.74) is 9.17. The molecule has 0 aliphatic rings. The number of fused-ring (bicyclic) bond motifs is 18. The third-order valence-electron chi connectivity index (χ3n) is 12.2. The number of hydrogen-bond acceptors (Lipinski definition) is 3. The highest BCUT2D eigenvalue weighted by molar-refractivity contribution is 7.26. The lowest BCUT2D eigenvalue weighted by Gasteiger charge is -2.13. The Morgan fingerprint density at radius 1 is 0.393 bits per heavy atom. The van der Waals surface area contributed by atoms with E-state index in [1.807, 2.05) is 0 Å². The number of rotatable bonds is 2. The van der Waals surface area contributed by atoms with Crippen LogP contribution in [0, 0.1) is 0 Å². The van der Waals surface area contributed by atoms with Crippen molar-refractivity contribution in [2.24, 2.45) is 0 Å². The maximum atomic E-state index is 5.71. The van der Waals surface area contributed by atoms with Crippen molar-refractivity contribution >= 4 is 124 Å². The average molecular weight is 730 g/mol. The summed E-state index contributed by atoms with van der Waals surface area (Å²) in [5.74, 6) is 1.56. The van der Waals surface area contributed by atoms with E-state index in [0.717, 1.165) is 38.0 Å². The topological polar surface area (TPSA) is 40.0 Å². The van der Waals surface area contributed by atoms with Crippen molar-refractivity contribution in [3.8, 4) is 11.8 Å². The molecular formula is C50H27N5S. The van der Waals surface area contributed by atoms with Crippen LogP contribution < -0.4 is 0 Å². The van der Waals surface area contributed by atoms with Crippen molar-refractivity contribution in [1.82, 2.24) is 23.5 Å². The maximum Gasteiger partial charge on any atom is 0.237 e. The van der Waals surface area contributed by atoms with Gasteiger partial charge in [-0.2, -0.15) is 4.98 Å². The van der Waals surface area contributed by atoms with Crippen LogP contribution in [0.4, 0.5) is 0 Å². The summed E-state index contributed by atoms with van der Waals surface area (Å²) >= 11 is 1.78. The molecule has 0 spiro atoms. The van der Waals surface area contributed by atoms with E-state index in [2.05, 4.69) is 177 Å². The standard InChI is InChI=1S/C50H27N5S/c1-2-14-29-28(13-1)25-26-33-37-27-36-32-17-5-10-22-40(32)55(47(36)43-34-18-6-11-23-41(34)54(45(29)33)46(37)43)49-48-44(35-19-7-12-24-42(35)56-48)51-50(52-49)53-38-20-8-3-15-30(38)31-16-4-9-21-39(31)53/h1-27H. The van der Waals surface area contributed by atoms with Crippen LogP contribution in [0.2, 0.25) is 0 Å². The van der Waals surface area contributed by atoms with E-state index in [0.29, 0.717) is 5.95 Å². The van der Waals surface area contributed by atoms with Crippen LogP contribution in [0.15, 0.2) is 164 Å². The maximum absolute atomic E-state index is 5.71. The van der Waals surface area contributed by atoms with Gasteiger partial charge in [0.15, 0.2) is 5.82 Å². The number of thiophene rings is 1. The minimum absolute atomic E-state index is 0.665. The van der Waals surface area contributed by atoms with Gasteiger partial charge in [-0.3, -0.25) is 9.13 Å². The van der Waals surface area contributed by atoms with Crippen LogP contribution in [-0.4, -0.2) is 23.5 Å². The second-order valence-corrected chi connectivity index (χ2v) is 16.0. The van der Waals surface area contributed by atoms with Crippen molar-refractivity contribution in [2.75, 3.05) is 0 Å². The number of benzene rings is 8. The number of hydrogen-bond donors (Lipinski definition) is 0. The van der Waals surface area contributed by atoms with Gasteiger partial charge in [0.05, 0.1) is 48.8 Å². The molecule has 0 amide bonds. The highest BCUT2D eigenvalue weighted by Gasteiger charge is 2.27. The minimum Gasteiger partial charge on any atom is -0.307 e. The molecule has 8 aromatic carbocycles. The average Bonchev–Trinajstić information content (AvgIpc) is 4.05. The van der Waals surface area contributed by atoms with E-state index in [1.54, 1.807) is 11.3 Å². The summed E-state index contributed by atoms with van der Waals surface area (Å²) < 4.78 is 9.51. The van der Waals surface area contributed by atoms with Crippen molar-refractivity contribution < 1.29 is 0 Å². The predicted molar refractivity (Wildman–Crippen MR) is 236 cm³/mol. The Labute approximate surface area is 321 Å². The van der Waals surface area contributed by atoms with Gasteiger partial charge in [-0.25, -0.2) is 4.98 Å². The lowest BCUT2D eigenvalue weighted by Crippen LogP contribution is -2.06. The van der Waals surface area contributed by atoms with Crippen molar-refractivity contribution in [3.05, 3.63) is 164 Å². The monoisotopic (exact) mass is 729 g/mol. The fourth-order valence-electron chi connectivity index (χ4n) is 9.93. The van der Waals surface area contributed by atoms with Gasteiger partial charge in [0.25, 0.3) is 0 Å². The second-order valence-electron chi connectivity index (χ2n) is 14.9. The number of nitrogens with zero attached hydrogens (tertiary/aromatic N) is 5. The fraction of sp³-hybridized carbons (Fsp3) is 0. The molecular weight excluding hydrogens is 703 g/mol. The first-order valence-electron chi connectivity index (χ1n) is 19.0. The molecule has 6 aromatic heterocycles. The van der Waals surface area contributed by atoms with E-state index in [-0.39, 0.29) is 0 Å². The normalized spacial score (nSPS) is 12.6. The fourth-order valence-corrected chi connectivity index (χ4v) is 11.1. The van der Waals surface area contributed by atoms with Gasteiger partial charge in [-0.05, 0) is 41.8 Å². The summed E-state index contributed by atoms with van der Waals surface area (Å²) in [6.45, 7) is 0. The van der Waals surface area contributed by atoms with Crippen LogP contribution >= 0.6 is 11.3 Å². The molecule has 56 heavy (non-hydrogen) atoms. The van der Waals surface area contributed by atoms with Gasteiger partial charge < -0.3 is 4.40 Å². The Bertz CT molecular complexity index is 3960. The Morgan fingerprint density at radius 3 is 1.71 bits per heavy atom. The Balaban J connectivity index is 1.23. The molecule has 0 radical (unpaired) electrons. The van der Waals surface area contributed by atoms with Crippen LogP contribution in [-0.2, 0) is 0 Å². The van der Waals surface area contributed by atoms with E-state index < -0.39 is 0 Å². The molecule has 0 saturated carbocycles. The zero-order valence-electron chi connectivity index (χ0n) is 29.7. The van der Waals surface area contributed by atoms with Crippen LogP contribution in [0.25, 0.3) is 125 Å². The van der Waals surface area contributed by atoms with Crippen molar-refractivity contribution in [3.63, 3.8) is 0 Å². The first-order valence-corrected chi connectivity index (χ1v) is 19.8. The molecule has 0 fully saturated rings. The molecule has 6 heterocycles. The molecule has 0 saturated heterocycles. The Hall–Kier alpha value is -7.28. The Morgan fingerprint density at radius 2 is 0.964 bits per heavy atom. The zero-order valence-corrected chi connectivity index (χ0v) is 30.5. The molecule has 0 N–H and O–H groups in total. The third kappa shape index (κ3) is 3.47. The second kappa shape index (κ2) is 10.3. The molecule has 0 aliphatic carbocycles. The molecule has 258 valence electrons. The summed E-state index contributed by atoms with van der Waals surface area (Å²) in [7, 11) is 0. The quantitative estimate of drug-likeness (QED) is 0.178. The smallest absolute Gasteiger partial charge is 0.237 e. The summed E-state index contributed by atoms with van der Waals surface area (Å²) in [6, 6.07) is 59.5. The highest BCUT2D eigenvalue weighted by atomic mass is 32.1. The molecule has 14 rings (SSSR count). The molecule has 5 nitrogen and oxygen atoms in total. The summed E-state index contributed by atoms with van der Waals surface area (Å²) in [4.78, 5) is 11.2. The lowest BCUT2D eigenvalue weighted by molar-refractivity contribution is 0.977. The van der Waals surface area contributed by atoms with Gasteiger partial charge in [0.2, 0.25) is 5.95 Å². The number of aromatic nitrogens is 5. The van der Waals surface area contributed by atoms with Gasteiger partial charge in [-0.15, -0.1) is 11.3 Å². The highest BCUT2D eigenvalue weighted by Crippen LogP contribution is 2.49. The van der Waals surface area contributed by atoms with Gasteiger partial charge in [0.1, 0.15) is 0 Å². The van der Waals surface area contributed by atoms with Gasteiger partial charge in [0, 0.05) is 58.6 Å². The van der Waals surface area contributed by atoms with E-state index in [9.17, 15) is 0 Å². The molecule has 0 unspecified atom stereocenters. The van der Waals surface area contributed by atoms with E-state index >= 15 is 0 Å². The molecule has 0 bridgehead atoms. The SMILES string of the molecule is c1ccc2c(c1)ccc1c3cc4c5ccccc5n(-c5nc(-n6c7ccccc7c7ccccc76)nc6c5sc5ccccc56)c4c4c5ccccc5n(c21)c34. The first kappa shape index (κ1) is 29.1. The zero-order chi connectivity index (χ0) is 36.2. The molecule has 0 aliphatic heterocycles. The summed E-state index contributed by atoms with van der Waals surface area (Å²) in [6.07, 6.45) is 0. The Kier molecular flexibility index (Phi) is 5.34. The van der Waals surface area contributed by atoms with Crippen molar-refractivity contribution in [1.29, 1.82) is 0 Å². The van der Waals surface area contributed by atoms with Gasteiger partial charge >= 0.3 is 0 Å². The van der Waals surface area contributed by atoms with Gasteiger partial charge in [-0.1, -0.05) is 127 Å². The third-order valence-corrected chi connectivity index (χ3v) is 13.3. The molecule has 0 atom stereocenters. The largest absolute Gasteiger partial charge is 0.307 e. The van der Waals surface area contributed by atoms with Crippen LogP contribution in [0.5, 0.6) is 0 Å². The van der Waals surface area contributed by atoms with Crippen LogP contribution in [0.3, 0.4) is 0 Å². The van der Waals surface area contributed by atoms with Crippen LogP contribution in [0.1, 0.15) is 0 Å². The molecule has 6 heteroatoms. The summed E-state index contributed by atoms with van der Waals surface area (Å²) in [5, 5.41) is 13.5. The molecule has 14 aromatic rings. The van der Waals surface area contributed by atoms with Crippen molar-refractivity contribution in [2.45, 2.75) is 0 Å². The first-order chi connectivity index (χ1) is 27.8. The minimum atomic E-state index is 0.665. The van der Waals surface area contributed by atoms with E-state index in [1.165, 1.54) is 80.6 Å².